The van der Waals surface area contributed by atoms with Crippen LogP contribution in [0.25, 0.3) is 0 Å². The van der Waals surface area contributed by atoms with Crippen molar-refractivity contribution >= 4 is 0 Å². The molecule has 106 valence electrons. The summed E-state index contributed by atoms with van der Waals surface area (Å²) < 4.78 is 72.1. The van der Waals surface area contributed by atoms with Crippen LogP contribution in [0.3, 0.4) is 0 Å². The molecule has 0 aliphatic carbocycles. The fourth-order valence-corrected chi connectivity index (χ4v) is 1.32. The SMILES string of the molecule is CC(/C=C/C(F)(F)F)C(C#N)(C#N)CCC(F)(F)F. The number of alkyl halides is 6. The minimum Gasteiger partial charge on any atom is -0.197 e. The molecule has 8 heteroatoms. The van der Waals surface area contributed by atoms with Crippen molar-refractivity contribution in [2.24, 2.45) is 11.3 Å². The standard InChI is InChI=1S/C11H10F6N2/c1-8(2-3-10(12,13)14)9(6-18,7-19)4-5-11(15,16)17/h2-3,8H,4-5H2,1H3/b3-2+. The molecule has 0 fully saturated rings. The monoisotopic (exact) mass is 284 g/mol. The molecule has 0 aliphatic heterocycles. The van der Waals surface area contributed by atoms with Crippen molar-refractivity contribution in [2.45, 2.75) is 32.1 Å². The number of nitriles is 2. The van der Waals surface area contributed by atoms with Crippen LogP contribution in [0.15, 0.2) is 12.2 Å². The number of allylic oxidation sites excluding steroid dienone is 2. The maximum absolute atomic E-state index is 12.1. The largest absolute Gasteiger partial charge is 0.409 e. The molecule has 0 bridgehead atoms. The van der Waals surface area contributed by atoms with E-state index in [0.717, 1.165) is 6.92 Å². The van der Waals surface area contributed by atoms with Gasteiger partial charge in [-0.05, 0) is 6.42 Å². The van der Waals surface area contributed by atoms with Crippen LogP contribution in [0.2, 0.25) is 0 Å². The number of halogens is 6. The summed E-state index contributed by atoms with van der Waals surface area (Å²) in [6.07, 6.45) is -11.1. The molecular formula is C11H10F6N2. The summed E-state index contributed by atoms with van der Waals surface area (Å²) in [6.45, 7) is 1.10. The van der Waals surface area contributed by atoms with Gasteiger partial charge >= 0.3 is 12.4 Å². The minimum absolute atomic E-state index is 0.186. The van der Waals surface area contributed by atoms with E-state index in [2.05, 4.69) is 0 Å². The Balaban J connectivity index is 5.06. The fourth-order valence-electron chi connectivity index (χ4n) is 1.32. The highest BCUT2D eigenvalue weighted by Crippen LogP contribution is 2.37. The Bertz CT molecular complexity index is 393. The average molecular weight is 284 g/mol. The first kappa shape index (κ1) is 17.3. The van der Waals surface area contributed by atoms with E-state index >= 15 is 0 Å². The molecule has 0 amide bonds. The van der Waals surface area contributed by atoms with Crippen molar-refractivity contribution in [1.82, 2.24) is 0 Å². The van der Waals surface area contributed by atoms with Crippen molar-refractivity contribution < 1.29 is 26.3 Å². The van der Waals surface area contributed by atoms with Gasteiger partial charge in [0.1, 0.15) is 5.41 Å². The zero-order chi connectivity index (χ0) is 15.3. The lowest BCUT2D eigenvalue weighted by molar-refractivity contribution is -0.138. The quantitative estimate of drug-likeness (QED) is 0.576. The van der Waals surface area contributed by atoms with E-state index in [1.165, 1.54) is 12.1 Å². The summed E-state index contributed by atoms with van der Waals surface area (Å²) >= 11 is 0. The number of nitrogens with zero attached hydrogens (tertiary/aromatic N) is 2. The van der Waals surface area contributed by atoms with E-state index in [0.29, 0.717) is 6.08 Å². The van der Waals surface area contributed by atoms with Crippen LogP contribution in [0.4, 0.5) is 26.3 Å². The molecule has 2 nitrogen and oxygen atoms in total. The second-order valence-corrected chi connectivity index (χ2v) is 4.00. The summed E-state index contributed by atoms with van der Waals surface area (Å²) in [5, 5.41) is 17.6. The third-order valence-corrected chi connectivity index (χ3v) is 2.55. The summed E-state index contributed by atoms with van der Waals surface area (Å²) in [4.78, 5) is 0. The van der Waals surface area contributed by atoms with E-state index in [1.807, 2.05) is 0 Å². The zero-order valence-electron chi connectivity index (χ0n) is 9.81. The van der Waals surface area contributed by atoms with Crippen molar-refractivity contribution in [3.05, 3.63) is 12.2 Å². The predicted molar refractivity (Wildman–Crippen MR) is 53.3 cm³/mol. The number of rotatable bonds is 4. The highest BCUT2D eigenvalue weighted by atomic mass is 19.4. The van der Waals surface area contributed by atoms with Gasteiger partial charge in [0.25, 0.3) is 0 Å². The Morgan fingerprint density at radius 2 is 1.47 bits per heavy atom. The molecule has 1 atom stereocenters. The van der Waals surface area contributed by atoms with Gasteiger partial charge in [-0.1, -0.05) is 13.0 Å². The highest BCUT2D eigenvalue weighted by molar-refractivity contribution is 5.19. The Kier molecular flexibility index (Phi) is 5.43. The van der Waals surface area contributed by atoms with Crippen LogP contribution >= 0.6 is 0 Å². The van der Waals surface area contributed by atoms with E-state index in [4.69, 9.17) is 10.5 Å². The van der Waals surface area contributed by atoms with E-state index in [9.17, 15) is 26.3 Å². The van der Waals surface area contributed by atoms with Gasteiger partial charge in [0.05, 0.1) is 12.1 Å². The molecule has 0 aliphatic rings. The fraction of sp³-hybridized carbons (Fsp3) is 0.636. The lowest BCUT2D eigenvalue weighted by Gasteiger charge is -2.24. The molecular weight excluding hydrogens is 274 g/mol. The zero-order valence-corrected chi connectivity index (χ0v) is 9.81. The molecule has 0 heterocycles. The lowest BCUT2D eigenvalue weighted by atomic mass is 9.75. The van der Waals surface area contributed by atoms with Gasteiger partial charge in [-0.25, -0.2) is 0 Å². The second-order valence-electron chi connectivity index (χ2n) is 4.00. The van der Waals surface area contributed by atoms with E-state index < -0.39 is 36.5 Å². The minimum atomic E-state index is -4.64. The van der Waals surface area contributed by atoms with Crippen LogP contribution in [0.5, 0.6) is 0 Å². The van der Waals surface area contributed by atoms with Gasteiger partial charge in [0, 0.05) is 18.4 Å². The first-order valence-corrected chi connectivity index (χ1v) is 5.11. The van der Waals surface area contributed by atoms with Gasteiger partial charge in [0.2, 0.25) is 0 Å². The van der Waals surface area contributed by atoms with Gasteiger partial charge in [-0.15, -0.1) is 0 Å². The Labute approximate surface area is 105 Å². The summed E-state index contributed by atoms with van der Waals surface area (Å²) in [7, 11) is 0. The molecule has 0 rings (SSSR count). The Morgan fingerprint density at radius 1 is 1.00 bits per heavy atom. The van der Waals surface area contributed by atoms with E-state index in [-0.39, 0.29) is 6.08 Å². The molecule has 0 aromatic rings. The van der Waals surface area contributed by atoms with Gasteiger partial charge in [-0.3, -0.25) is 0 Å². The van der Waals surface area contributed by atoms with Crippen molar-refractivity contribution in [3.63, 3.8) is 0 Å². The number of hydrogen-bond donors (Lipinski definition) is 0. The van der Waals surface area contributed by atoms with E-state index in [1.54, 1.807) is 0 Å². The van der Waals surface area contributed by atoms with Crippen molar-refractivity contribution in [1.29, 1.82) is 10.5 Å². The predicted octanol–water partition coefficient (Wildman–Crippen LogP) is 4.12. The van der Waals surface area contributed by atoms with Crippen LogP contribution in [-0.4, -0.2) is 12.4 Å². The summed E-state index contributed by atoms with van der Waals surface area (Å²) in [5.74, 6) is -1.27. The maximum Gasteiger partial charge on any atom is 0.409 e. The van der Waals surface area contributed by atoms with Gasteiger partial charge in [-0.2, -0.15) is 36.9 Å². The summed E-state index contributed by atoms with van der Waals surface area (Å²) in [5.41, 5.74) is -2.13. The molecule has 0 radical (unpaired) electrons. The normalized spacial score (nSPS) is 15.0. The molecule has 1 unspecified atom stereocenters. The third kappa shape index (κ3) is 6.14. The third-order valence-electron chi connectivity index (χ3n) is 2.55. The topological polar surface area (TPSA) is 47.6 Å². The average Bonchev–Trinajstić information content (AvgIpc) is 2.26. The summed E-state index contributed by atoms with van der Waals surface area (Å²) in [6, 6.07) is 2.79. The van der Waals surface area contributed by atoms with Gasteiger partial charge < -0.3 is 0 Å². The molecule has 0 aromatic carbocycles. The van der Waals surface area contributed by atoms with Crippen LogP contribution < -0.4 is 0 Å². The van der Waals surface area contributed by atoms with Crippen molar-refractivity contribution in [2.75, 3.05) is 0 Å². The highest BCUT2D eigenvalue weighted by Gasteiger charge is 2.40. The Morgan fingerprint density at radius 3 is 1.79 bits per heavy atom. The Hall–Kier alpha value is -1.70. The van der Waals surface area contributed by atoms with Gasteiger partial charge in [0.15, 0.2) is 0 Å². The maximum atomic E-state index is 12.1. The van der Waals surface area contributed by atoms with Crippen LogP contribution in [0.1, 0.15) is 19.8 Å². The molecule has 0 saturated carbocycles. The van der Waals surface area contributed by atoms with Crippen LogP contribution in [-0.2, 0) is 0 Å². The smallest absolute Gasteiger partial charge is 0.197 e. The first-order valence-electron chi connectivity index (χ1n) is 5.11. The molecule has 0 aromatic heterocycles. The first-order chi connectivity index (χ1) is 8.46. The molecule has 0 saturated heterocycles. The molecule has 19 heavy (non-hydrogen) atoms. The lowest BCUT2D eigenvalue weighted by Crippen LogP contribution is -2.27. The second kappa shape index (κ2) is 5.96. The molecule has 0 spiro atoms. The number of hydrogen-bond acceptors (Lipinski definition) is 2. The molecule has 0 N–H and O–H groups in total. The van der Waals surface area contributed by atoms with Crippen molar-refractivity contribution in [3.8, 4) is 12.1 Å². The van der Waals surface area contributed by atoms with Crippen LogP contribution in [0, 0.1) is 34.0 Å².